The van der Waals surface area contributed by atoms with Crippen molar-refractivity contribution in [3.63, 3.8) is 0 Å². The molecule has 0 atom stereocenters. The van der Waals surface area contributed by atoms with Gasteiger partial charge in [0.2, 0.25) is 5.91 Å². The molecule has 3 rings (SSSR count). The van der Waals surface area contributed by atoms with Crippen LogP contribution in [0.4, 0.5) is 0 Å². The van der Waals surface area contributed by atoms with E-state index in [-0.39, 0.29) is 24.1 Å². The molecule has 2 N–H and O–H groups in total. The van der Waals surface area contributed by atoms with Crippen LogP contribution in [0.25, 0.3) is 5.52 Å². The number of pyridine rings is 1. The number of fused-ring (bicyclic) bond motifs is 1. The molecule has 2 heterocycles. The number of amides is 1. The third-order valence-electron chi connectivity index (χ3n) is 3.19. The Morgan fingerprint density at radius 2 is 2.21 bits per heavy atom. The minimum Gasteiger partial charge on any atom is -0.476 e. The van der Waals surface area contributed by atoms with E-state index in [4.69, 9.17) is 5.11 Å². The molecule has 2 aromatic rings. The van der Waals surface area contributed by atoms with E-state index in [0.717, 1.165) is 12.8 Å². The molecule has 1 aliphatic carbocycles. The van der Waals surface area contributed by atoms with E-state index >= 15 is 0 Å². The van der Waals surface area contributed by atoms with Gasteiger partial charge in [0, 0.05) is 12.1 Å². The van der Waals surface area contributed by atoms with Crippen LogP contribution < -0.4 is 5.32 Å². The van der Waals surface area contributed by atoms with Gasteiger partial charge in [0.05, 0.1) is 12.1 Å². The van der Waals surface area contributed by atoms with Crippen molar-refractivity contribution < 1.29 is 14.7 Å². The lowest BCUT2D eigenvalue weighted by Gasteiger charge is -2.03. The van der Waals surface area contributed by atoms with Crippen molar-refractivity contribution in [2.24, 2.45) is 5.92 Å². The zero-order valence-electron chi connectivity index (χ0n) is 10.2. The molecule has 6 nitrogen and oxygen atoms in total. The Morgan fingerprint density at radius 1 is 1.42 bits per heavy atom. The first-order chi connectivity index (χ1) is 9.16. The van der Waals surface area contributed by atoms with Gasteiger partial charge in [0.1, 0.15) is 5.82 Å². The summed E-state index contributed by atoms with van der Waals surface area (Å²) in [6.45, 7) is 0.244. The van der Waals surface area contributed by atoms with Crippen molar-refractivity contribution in [3.8, 4) is 0 Å². The number of nitrogens with one attached hydrogen (secondary N) is 1. The molecule has 98 valence electrons. The molecule has 1 amide bonds. The summed E-state index contributed by atoms with van der Waals surface area (Å²) >= 11 is 0. The lowest BCUT2D eigenvalue weighted by atomic mass is 10.3. The van der Waals surface area contributed by atoms with E-state index in [1.54, 1.807) is 28.8 Å². The first-order valence-electron chi connectivity index (χ1n) is 6.14. The minimum atomic E-state index is -1.07. The fourth-order valence-electron chi connectivity index (χ4n) is 2.04. The maximum absolute atomic E-state index is 11.6. The maximum Gasteiger partial charge on any atom is 0.356 e. The molecule has 0 spiro atoms. The third-order valence-corrected chi connectivity index (χ3v) is 3.19. The number of carbonyl (C=O) groups excluding carboxylic acids is 1. The van der Waals surface area contributed by atoms with Gasteiger partial charge in [-0.25, -0.2) is 9.78 Å². The molecule has 0 bridgehead atoms. The number of aromatic nitrogens is 2. The third kappa shape index (κ3) is 2.16. The molecular formula is C13H13N3O3. The molecular weight excluding hydrogens is 246 g/mol. The van der Waals surface area contributed by atoms with E-state index in [9.17, 15) is 9.59 Å². The molecule has 0 saturated heterocycles. The van der Waals surface area contributed by atoms with Gasteiger partial charge in [-0.1, -0.05) is 6.07 Å². The summed E-state index contributed by atoms with van der Waals surface area (Å²) in [7, 11) is 0. The lowest BCUT2D eigenvalue weighted by Crippen LogP contribution is -2.25. The fraction of sp³-hybridized carbons (Fsp3) is 0.308. The largest absolute Gasteiger partial charge is 0.476 e. The summed E-state index contributed by atoms with van der Waals surface area (Å²) in [6.07, 6.45) is 3.62. The van der Waals surface area contributed by atoms with E-state index in [1.807, 2.05) is 0 Å². The summed E-state index contributed by atoms with van der Waals surface area (Å²) < 4.78 is 1.69. The standard InChI is InChI=1S/C13H13N3O3/c17-12(8-4-5-8)14-7-10-15-11(13(18)19)9-3-1-2-6-16(9)10/h1-3,6,8H,4-5,7H2,(H,14,17)(H,18,19). The molecule has 1 saturated carbocycles. The number of carbonyl (C=O) groups is 2. The Bertz CT molecular complexity index is 658. The average molecular weight is 259 g/mol. The van der Waals surface area contributed by atoms with Gasteiger partial charge in [-0.2, -0.15) is 0 Å². The number of imidazole rings is 1. The van der Waals surface area contributed by atoms with Crippen molar-refractivity contribution in [1.29, 1.82) is 0 Å². The van der Waals surface area contributed by atoms with Crippen molar-refractivity contribution >= 4 is 17.4 Å². The van der Waals surface area contributed by atoms with E-state index in [0.29, 0.717) is 11.3 Å². The summed E-state index contributed by atoms with van der Waals surface area (Å²) in [4.78, 5) is 26.8. The number of carboxylic acids is 1. The second-order valence-corrected chi connectivity index (χ2v) is 4.63. The lowest BCUT2D eigenvalue weighted by molar-refractivity contribution is -0.122. The van der Waals surface area contributed by atoms with Gasteiger partial charge < -0.3 is 14.8 Å². The number of carboxylic acid groups (broad SMARTS) is 1. The van der Waals surface area contributed by atoms with Crippen LogP contribution in [0.5, 0.6) is 0 Å². The van der Waals surface area contributed by atoms with Gasteiger partial charge >= 0.3 is 5.97 Å². The highest BCUT2D eigenvalue weighted by molar-refractivity contribution is 5.93. The van der Waals surface area contributed by atoms with Crippen LogP contribution in [-0.4, -0.2) is 26.4 Å². The molecule has 1 aliphatic rings. The normalized spacial score (nSPS) is 14.5. The van der Waals surface area contributed by atoms with Crippen LogP contribution in [0.1, 0.15) is 29.2 Å². The maximum atomic E-state index is 11.6. The smallest absolute Gasteiger partial charge is 0.356 e. The van der Waals surface area contributed by atoms with E-state index in [2.05, 4.69) is 10.3 Å². The molecule has 6 heteroatoms. The highest BCUT2D eigenvalue weighted by Gasteiger charge is 2.29. The highest BCUT2D eigenvalue weighted by Crippen LogP contribution is 2.28. The summed E-state index contributed by atoms with van der Waals surface area (Å²) in [5.41, 5.74) is 0.543. The Morgan fingerprint density at radius 3 is 2.89 bits per heavy atom. The van der Waals surface area contributed by atoms with Gasteiger partial charge in [-0.05, 0) is 25.0 Å². The van der Waals surface area contributed by atoms with Crippen LogP contribution in [0.15, 0.2) is 24.4 Å². The second kappa shape index (κ2) is 4.38. The van der Waals surface area contributed by atoms with Crippen LogP contribution in [-0.2, 0) is 11.3 Å². The predicted octanol–water partition coefficient (Wildman–Crippen LogP) is 1.06. The van der Waals surface area contributed by atoms with E-state index in [1.165, 1.54) is 0 Å². The van der Waals surface area contributed by atoms with Crippen molar-refractivity contribution in [2.45, 2.75) is 19.4 Å². The van der Waals surface area contributed by atoms with E-state index < -0.39 is 5.97 Å². The molecule has 0 radical (unpaired) electrons. The molecule has 2 aromatic heterocycles. The van der Waals surface area contributed by atoms with Gasteiger partial charge in [0.15, 0.2) is 5.69 Å². The van der Waals surface area contributed by atoms with Crippen LogP contribution in [0.2, 0.25) is 0 Å². The molecule has 0 unspecified atom stereocenters. The molecule has 0 aliphatic heterocycles. The first kappa shape index (κ1) is 11.7. The molecule has 1 fully saturated rings. The van der Waals surface area contributed by atoms with Crippen molar-refractivity contribution in [1.82, 2.24) is 14.7 Å². The number of hydrogen-bond acceptors (Lipinski definition) is 3. The topological polar surface area (TPSA) is 83.7 Å². The number of hydrogen-bond donors (Lipinski definition) is 2. The predicted molar refractivity (Wildman–Crippen MR) is 66.7 cm³/mol. The minimum absolute atomic E-state index is 0.0104. The Kier molecular flexibility index (Phi) is 2.70. The van der Waals surface area contributed by atoms with Crippen LogP contribution in [0.3, 0.4) is 0 Å². The van der Waals surface area contributed by atoms with Crippen LogP contribution >= 0.6 is 0 Å². The summed E-state index contributed by atoms with van der Waals surface area (Å²) in [5, 5.41) is 11.9. The fourth-order valence-corrected chi connectivity index (χ4v) is 2.04. The molecule has 19 heavy (non-hydrogen) atoms. The number of nitrogens with zero attached hydrogens (tertiary/aromatic N) is 2. The molecule has 0 aromatic carbocycles. The number of aromatic carboxylic acids is 1. The quantitative estimate of drug-likeness (QED) is 0.859. The zero-order chi connectivity index (χ0) is 13.4. The Balaban J connectivity index is 1.89. The summed E-state index contributed by atoms with van der Waals surface area (Å²) in [5.74, 6) is -0.389. The van der Waals surface area contributed by atoms with Gasteiger partial charge in [-0.3, -0.25) is 4.79 Å². The number of rotatable bonds is 4. The Hall–Kier alpha value is -2.37. The monoisotopic (exact) mass is 259 g/mol. The summed E-state index contributed by atoms with van der Waals surface area (Å²) in [6, 6.07) is 5.26. The highest BCUT2D eigenvalue weighted by atomic mass is 16.4. The average Bonchev–Trinajstić information content (AvgIpc) is 3.18. The second-order valence-electron chi connectivity index (χ2n) is 4.63. The van der Waals surface area contributed by atoms with Crippen molar-refractivity contribution in [3.05, 3.63) is 35.9 Å². The van der Waals surface area contributed by atoms with Gasteiger partial charge in [-0.15, -0.1) is 0 Å². The zero-order valence-corrected chi connectivity index (χ0v) is 10.2. The SMILES string of the molecule is O=C(O)c1nc(CNC(=O)C2CC2)n2ccccc12. The van der Waals surface area contributed by atoms with Crippen molar-refractivity contribution in [2.75, 3.05) is 0 Å². The Labute approximate surface area is 109 Å². The van der Waals surface area contributed by atoms with Crippen LogP contribution in [0, 0.1) is 5.92 Å². The van der Waals surface area contributed by atoms with Gasteiger partial charge in [0.25, 0.3) is 0 Å². The first-order valence-corrected chi connectivity index (χ1v) is 6.14.